The van der Waals surface area contributed by atoms with E-state index in [1.807, 2.05) is 13.8 Å². The van der Waals surface area contributed by atoms with Gasteiger partial charge in [0.05, 0.1) is 13.2 Å². The monoisotopic (exact) mass is 427 g/mol. The van der Waals surface area contributed by atoms with Crippen molar-refractivity contribution in [3.8, 4) is 0 Å². The first-order chi connectivity index (χ1) is 14.4. The number of unbranched alkanes of at least 4 members (excludes halogenated alkanes) is 13. The minimum Gasteiger partial charge on any atom is -0.464 e. The molecule has 30 heavy (non-hydrogen) atoms. The minimum absolute atomic E-state index is 0.268. The second-order valence-electron chi connectivity index (χ2n) is 9.02. The minimum atomic E-state index is -0.628. The predicted octanol–water partition coefficient (Wildman–Crippen LogP) is 7.12. The average Bonchev–Trinajstić information content (AvgIpc) is 2.73. The van der Waals surface area contributed by atoms with Crippen LogP contribution < -0.4 is 0 Å². The smallest absolute Gasteiger partial charge is 0.410 e. The molecule has 5 nitrogen and oxygen atoms in total. The fraction of sp³-hybridized carbons (Fsp3) is 0.920. The quantitative estimate of drug-likeness (QED) is 0.163. The molecule has 0 heterocycles. The fourth-order valence-corrected chi connectivity index (χ4v) is 3.25. The summed E-state index contributed by atoms with van der Waals surface area (Å²) in [5.41, 5.74) is 0. The number of carbonyl (C=O) groups is 2. The summed E-state index contributed by atoms with van der Waals surface area (Å²) in [4.78, 5) is 25.3. The summed E-state index contributed by atoms with van der Waals surface area (Å²) >= 11 is 0. The Morgan fingerprint density at radius 1 is 0.700 bits per heavy atom. The Morgan fingerprint density at radius 2 is 1.13 bits per heavy atom. The van der Waals surface area contributed by atoms with Gasteiger partial charge in [-0.05, 0) is 19.3 Å². The van der Waals surface area contributed by atoms with Crippen molar-refractivity contribution in [3.63, 3.8) is 0 Å². The van der Waals surface area contributed by atoms with Crippen molar-refractivity contribution in [1.29, 1.82) is 0 Å². The molecule has 0 bridgehead atoms. The lowest BCUT2D eigenvalue weighted by Gasteiger charge is -2.23. The van der Waals surface area contributed by atoms with Crippen molar-refractivity contribution in [2.24, 2.45) is 5.92 Å². The van der Waals surface area contributed by atoms with Crippen LogP contribution >= 0.6 is 0 Å². The summed E-state index contributed by atoms with van der Waals surface area (Å²) in [7, 11) is 1.57. The largest absolute Gasteiger partial charge is 0.464 e. The highest BCUT2D eigenvalue weighted by atomic mass is 16.6. The summed E-state index contributed by atoms with van der Waals surface area (Å²) in [5.74, 6) is -0.0985. The molecule has 0 N–H and O–H groups in total. The third kappa shape index (κ3) is 16.5. The lowest BCUT2D eigenvalue weighted by molar-refractivity contribution is -0.148. The van der Waals surface area contributed by atoms with Crippen molar-refractivity contribution in [2.45, 2.75) is 124 Å². The number of likely N-dealkylation sites (N-methyl/N-ethyl adjacent to an activating group) is 1. The van der Waals surface area contributed by atoms with Crippen LogP contribution in [-0.4, -0.2) is 43.3 Å². The van der Waals surface area contributed by atoms with E-state index in [1.165, 1.54) is 81.9 Å². The van der Waals surface area contributed by atoms with Gasteiger partial charge < -0.3 is 9.47 Å². The van der Waals surface area contributed by atoms with Crippen molar-refractivity contribution >= 4 is 12.1 Å². The van der Waals surface area contributed by atoms with Crippen LogP contribution in [0.25, 0.3) is 0 Å². The van der Waals surface area contributed by atoms with Gasteiger partial charge in [-0.25, -0.2) is 9.59 Å². The van der Waals surface area contributed by atoms with Gasteiger partial charge in [0.1, 0.15) is 6.04 Å². The first kappa shape index (κ1) is 28.7. The number of nitrogens with zero attached hydrogens (tertiary/aromatic N) is 1. The van der Waals surface area contributed by atoms with Gasteiger partial charge in [-0.3, -0.25) is 4.90 Å². The standard InChI is InChI=1S/C25H49NO4/c1-6-7-8-9-10-11-12-13-14-15-16-17-18-19-20-29-24(27)23(4)26(5)25(28)30-21-22(2)3/h22-23H,6-21H2,1-5H3. The lowest BCUT2D eigenvalue weighted by Crippen LogP contribution is -2.42. The Hall–Kier alpha value is -1.26. The van der Waals surface area contributed by atoms with Gasteiger partial charge in [-0.2, -0.15) is 0 Å². The van der Waals surface area contributed by atoms with Crippen LogP contribution in [0.5, 0.6) is 0 Å². The van der Waals surface area contributed by atoms with E-state index in [0.29, 0.717) is 13.2 Å². The van der Waals surface area contributed by atoms with E-state index in [4.69, 9.17) is 9.47 Å². The highest BCUT2D eigenvalue weighted by Crippen LogP contribution is 2.13. The molecule has 0 fully saturated rings. The SMILES string of the molecule is CCCCCCCCCCCCCCCCOC(=O)C(C)N(C)C(=O)OCC(C)C. The van der Waals surface area contributed by atoms with Crippen LogP contribution in [0.3, 0.4) is 0 Å². The molecule has 0 radical (unpaired) electrons. The Morgan fingerprint density at radius 3 is 1.57 bits per heavy atom. The molecule has 0 saturated carbocycles. The molecule has 0 spiro atoms. The number of amides is 1. The number of hydrogen-bond acceptors (Lipinski definition) is 4. The molecular formula is C25H49NO4. The molecule has 1 amide bonds. The molecule has 0 aliphatic rings. The van der Waals surface area contributed by atoms with Crippen molar-refractivity contribution in [3.05, 3.63) is 0 Å². The third-order valence-electron chi connectivity index (χ3n) is 5.49. The molecule has 0 aromatic rings. The zero-order chi connectivity index (χ0) is 22.6. The molecule has 0 aliphatic carbocycles. The molecule has 1 unspecified atom stereocenters. The van der Waals surface area contributed by atoms with E-state index in [0.717, 1.165) is 12.8 Å². The first-order valence-electron chi connectivity index (χ1n) is 12.5. The van der Waals surface area contributed by atoms with Crippen LogP contribution in [0.1, 0.15) is 118 Å². The van der Waals surface area contributed by atoms with Gasteiger partial charge in [-0.15, -0.1) is 0 Å². The number of carbonyl (C=O) groups excluding carboxylic acids is 2. The Kier molecular flexibility index (Phi) is 18.9. The summed E-state index contributed by atoms with van der Waals surface area (Å²) in [6.07, 6.45) is 17.7. The van der Waals surface area contributed by atoms with Crippen LogP contribution in [-0.2, 0) is 14.3 Å². The Balaban J connectivity index is 3.52. The molecule has 0 aromatic carbocycles. The molecule has 178 valence electrons. The number of hydrogen-bond donors (Lipinski definition) is 0. The summed E-state index contributed by atoms with van der Waals surface area (Å²) in [5, 5.41) is 0. The van der Waals surface area contributed by atoms with Gasteiger partial charge in [0.25, 0.3) is 0 Å². The maximum atomic E-state index is 12.1. The Labute approximate surface area is 186 Å². The summed E-state index contributed by atoms with van der Waals surface area (Å²) in [6, 6.07) is -0.628. The zero-order valence-electron chi connectivity index (χ0n) is 20.5. The van der Waals surface area contributed by atoms with E-state index in [1.54, 1.807) is 14.0 Å². The molecule has 5 heteroatoms. The topological polar surface area (TPSA) is 55.8 Å². The van der Waals surface area contributed by atoms with E-state index in [9.17, 15) is 9.59 Å². The second kappa shape index (κ2) is 19.7. The number of esters is 1. The van der Waals surface area contributed by atoms with Crippen molar-refractivity contribution in [1.82, 2.24) is 4.90 Å². The fourth-order valence-electron chi connectivity index (χ4n) is 3.25. The highest BCUT2D eigenvalue weighted by Gasteiger charge is 2.24. The van der Waals surface area contributed by atoms with Crippen molar-refractivity contribution < 1.29 is 19.1 Å². The molecule has 0 aliphatic heterocycles. The predicted molar refractivity (Wildman–Crippen MR) is 125 cm³/mol. The maximum absolute atomic E-state index is 12.1. The van der Waals surface area contributed by atoms with E-state index in [2.05, 4.69) is 6.92 Å². The molecule has 0 aromatic heterocycles. The van der Waals surface area contributed by atoms with E-state index in [-0.39, 0.29) is 11.9 Å². The van der Waals surface area contributed by atoms with Crippen LogP contribution in [0.15, 0.2) is 0 Å². The zero-order valence-corrected chi connectivity index (χ0v) is 20.5. The van der Waals surface area contributed by atoms with E-state index >= 15 is 0 Å². The number of rotatable bonds is 19. The molecule has 1 atom stereocenters. The van der Waals surface area contributed by atoms with Crippen LogP contribution in [0.4, 0.5) is 4.79 Å². The molecule has 0 rings (SSSR count). The third-order valence-corrected chi connectivity index (χ3v) is 5.49. The summed E-state index contributed by atoms with van der Waals surface area (Å²) < 4.78 is 10.5. The first-order valence-corrected chi connectivity index (χ1v) is 12.5. The Bertz CT molecular complexity index is 425. The van der Waals surface area contributed by atoms with Gasteiger partial charge in [0.15, 0.2) is 0 Å². The van der Waals surface area contributed by atoms with Gasteiger partial charge in [-0.1, -0.05) is 104 Å². The van der Waals surface area contributed by atoms with Gasteiger partial charge in [0, 0.05) is 7.05 Å². The average molecular weight is 428 g/mol. The van der Waals surface area contributed by atoms with Crippen molar-refractivity contribution in [2.75, 3.05) is 20.3 Å². The normalized spacial score (nSPS) is 12.1. The molecular weight excluding hydrogens is 378 g/mol. The van der Waals surface area contributed by atoms with E-state index < -0.39 is 12.1 Å². The van der Waals surface area contributed by atoms with Gasteiger partial charge in [0.2, 0.25) is 0 Å². The lowest BCUT2D eigenvalue weighted by atomic mass is 10.0. The second-order valence-corrected chi connectivity index (χ2v) is 9.02. The maximum Gasteiger partial charge on any atom is 0.410 e. The highest BCUT2D eigenvalue weighted by molar-refractivity contribution is 5.80. The van der Waals surface area contributed by atoms with Gasteiger partial charge >= 0.3 is 12.1 Å². The van der Waals surface area contributed by atoms with Crippen LogP contribution in [0.2, 0.25) is 0 Å². The number of ether oxygens (including phenoxy) is 2. The van der Waals surface area contributed by atoms with Crippen LogP contribution in [0, 0.1) is 5.92 Å². The summed E-state index contributed by atoms with van der Waals surface area (Å²) in [6.45, 7) is 8.66. The molecule has 0 saturated heterocycles.